The number of carbonyl (C=O) groups is 1. The van der Waals surface area contributed by atoms with Crippen LogP contribution in [0.25, 0.3) is 5.69 Å². The monoisotopic (exact) mass is 329 g/mol. The predicted molar refractivity (Wildman–Crippen MR) is 93.9 cm³/mol. The molecule has 0 atom stereocenters. The number of primary amides is 1. The van der Waals surface area contributed by atoms with Crippen LogP contribution in [0.15, 0.2) is 35.3 Å². The van der Waals surface area contributed by atoms with Gasteiger partial charge in [-0.1, -0.05) is 50.6 Å². The Bertz CT molecular complexity index is 798. The molecule has 1 aromatic heterocycles. The first-order valence-corrected chi connectivity index (χ1v) is 8.03. The summed E-state index contributed by atoms with van der Waals surface area (Å²) in [6.45, 7) is 6.93. The van der Waals surface area contributed by atoms with Crippen molar-refractivity contribution in [1.82, 2.24) is 4.57 Å². The number of hydrogen-bond acceptors (Lipinski definition) is 2. The van der Waals surface area contributed by atoms with Crippen molar-refractivity contribution in [3.8, 4) is 5.69 Å². The second-order valence-electron chi connectivity index (χ2n) is 6.75. The zero-order valence-corrected chi connectivity index (χ0v) is 14.3. The van der Waals surface area contributed by atoms with E-state index in [9.17, 15) is 4.79 Å². The zero-order chi connectivity index (χ0) is 16.8. The maximum absolute atomic E-state index is 12.1. The summed E-state index contributed by atoms with van der Waals surface area (Å²) in [6, 6.07) is 9.79. The number of halogens is 1. The highest BCUT2D eigenvalue weighted by atomic mass is 35.5. The molecule has 2 N–H and O–H groups in total. The summed E-state index contributed by atoms with van der Waals surface area (Å²) < 4.78 is 1.93. The zero-order valence-electron chi connectivity index (χ0n) is 13.6. The molecule has 1 amide bonds. The van der Waals surface area contributed by atoms with E-state index in [0.29, 0.717) is 17.3 Å². The van der Waals surface area contributed by atoms with Gasteiger partial charge >= 0.3 is 0 Å². The first-order chi connectivity index (χ1) is 10.8. The Morgan fingerprint density at radius 2 is 1.91 bits per heavy atom. The Labute approximate surface area is 141 Å². The smallest absolute Gasteiger partial charge is 0.252 e. The van der Waals surface area contributed by atoms with Crippen molar-refractivity contribution in [2.24, 2.45) is 16.1 Å². The molecule has 23 heavy (non-hydrogen) atoms. The number of carbonyl (C=O) groups excluding carboxylic acids is 1. The maximum atomic E-state index is 12.1. The summed E-state index contributed by atoms with van der Waals surface area (Å²) in [5, 5.41) is 0.368. The average Bonchev–Trinajstić information content (AvgIpc) is 2.78. The normalized spacial score (nSPS) is 14.3. The molecule has 5 heteroatoms. The third kappa shape index (κ3) is 2.57. The number of hydrogen-bond donors (Lipinski definition) is 1. The molecule has 120 valence electrons. The van der Waals surface area contributed by atoms with E-state index in [1.165, 1.54) is 0 Å². The van der Waals surface area contributed by atoms with Crippen LogP contribution in [0, 0.1) is 5.41 Å². The van der Waals surface area contributed by atoms with Crippen molar-refractivity contribution in [3.05, 3.63) is 52.3 Å². The van der Waals surface area contributed by atoms with E-state index in [4.69, 9.17) is 17.3 Å². The quantitative estimate of drug-likeness (QED) is 0.898. The minimum atomic E-state index is -0.514. The first kappa shape index (κ1) is 15.8. The minimum Gasteiger partial charge on any atom is -0.365 e. The molecule has 2 aromatic rings. The van der Waals surface area contributed by atoms with Gasteiger partial charge in [0.2, 0.25) is 0 Å². The molecule has 0 bridgehead atoms. The lowest BCUT2D eigenvalue weighted by atomic mass is 9.82. The van der Waals surface area contributed by atoms with Gasteiger partial charge in [0.25, 0.3) is 5.91 Å². The Hall–Kier alpha value is -2.07. The maximum Gasteiger partial charge on any atom is 0.252 e. The molecule has 0 saturated carbocycles. The molecule has 0 aliphatic carbocycles. The number of nitrogens with zero attached hydrogens (tertiary/aromatic N) is 2. The van der Waals surface area contributed by atoms with E-state index in [1.807, 2.05) is 34.9 Å². The fraction of sp³-hybridized carbons (Fsp3) is 0.333. The standard InChI is InChI=1S/C18H20ClN3O/c1-18(2,3)15-13-12(9-10-21-15)22(11-7-5-4-6-8-11)16(19)14(13)17(20)23/h4-8H,9-10H2,1-3H3,(H2,20,23). The largest absolute Gasteiger partial charge is 0.365 e. The SMILES string of the molecule is CC(C)(C)C1=NCCc2c1c(C(N)=O)c(Cl)n2-c1ccccc1. The molecule has 2 heterocycles. The van der Waals surface area contributed by atoms with Gasteiger partial charge in [-0.25, -0.2) is 0 Å². The molecule has 3 rings (SSSR count). The van der Waals surface area contributed by atoms with Crippen molar-refractivity contribution < 1.29 is 4.79 Å². The van der Waals surface area contributed by atoms with E-state index in [0.717, 1.165) is 29.1 Å². The molecule has 4 nitrogen and oxygen atoms in total. The lowest BCUT2D eigenvalue weighted by Crippen LogP contribution is -2.29. The predicted octanol–water partition coefficient (Wildman–Crippen LogP) is 3.62. The molecule has 0 saturated heterocycles. The van der Waals surface area contributed by atoms with Gasteiger partial charge in [-0.05, 0) is 12.1 Å². The van der Waals surface area contributed by atoms with E-state index in [2.05, 4.69) is 25.8 Å². The van der Waals surface area contributed by atoms with E-state index >= 15 is 0 Å². The lowest BCUT2D eigenvalue weighted by Gasteiger charge is -2.26. The molecule has 0 unspecified atom stereocenters. The van der Waals surface area contributed by atoms with Gasteiger partial charge < -0.3 is 10.3 Å². The summed E-state index contributed by atoms with van der Waals surface area (Å²) in [5.41, 5.74) is 9.47. The van der Waals surface area contributed by atoms with Crippen LogP contribution in [0.5, 0.6) is 0 Å². The van der Waals surface area contributed by atoms with Crippen LogP contribution >= 0.6 is 11.6 Å². The van der Waals surface area contributed by atoms with Crippen molar-refractivity contribution in [1.29, 1.82) is 0 Å². The van der Waals surface area contributed by atoms with Crippen molar-refractivity contribution in [3.63, 3.8) is 0 Å². The van der Waals surface area contributed by atoms with Gasteiger partial charge in [-0.2, -0.15) is 0 Å². The van der Waals surface area contributed by atoms with Crippen LogP contribution in [-0.4, -0.2) is 22.7 Å². The summed E-state index contributed by atoms with van der Waals surface area (Å²) in [5.74, 6) is -0.514. The van der Waals surface area contributed by atoms with Gasteiger partial charge in [-0.15, -0.1) is 0 Å². The number of para-hydroxylation sites is 1. The fourth-order valence-electron chi connectivity index (χ4n) is 3.12. The lowest BCUT2D eigenvalue weighted by molar-refractivity contribution is 0.100. The number of nitrogens with two attached hydrogens (primary N) is 1. The average molecular weight is 330 g/mol. The molecule has 0 fully saturated rings. The minimum absolute atomic E-state index is 0.189. The van der Waals surface area contributed by atoms with Gasteiger partial charge in [0.05, 0.1) is 11.3 Å². The Morgan fingerprint density at radius 1 is 1.26 bits per heavy atom. The summed E-state index contributed by atoms with van der Waals surface area (Å²) in [7, 11) is 0. The number of benzene rings is 1. The van der Waals surface area contributed by atoms with Crippen molar-refractivity contribution in [2.45, 2.75) is 27.2 Å². The molecule has 1 aliphatic rings. The highest BCUT2D eigenvalue weighted by molar-refractivity contribution is 6.35. The summed E-state index contributed by atoms with van der Waals surface area (Å²) >= 11 is 6.57. The van der Waals surface area contributed by atoms with Crippen molar-refractivity contribution in [2.75, 3.05) is 6.54 Å². The third-order valence-electron chi connectivity index (χ3n) is 4.04. The van der Waals surface area contributed by atoms with E-state index < -0.39 is 5.91 Å². The highest BCUT2D eigenvalue weighted by Gasteiger charge is 2.34. The van der Waals surface area contributed by atoms with Crippen LogP contribution in [0.1, 0.15) is 42.4 Å². The number of rotatable bonds is 2. The molecule has 0 spiro atoms. The van der Waals surface area contributed by atoms with Gasteiger partial charge in [0.1, 0.15) is 5.15 Å². The van der Waals surface area contributed by atoms with E-state index in [1.54, 1.807) is 0 Å². The summed E-state index contributed by atoms with van der Waals surface area (Å²) in [4.78, 5) is 16.8. The van der Waals surface area contributed by atoms with Gasteiger partial charge in [0, 0.05) is 35.3 Å². The molecule has 1 aromatic carbocycles. The number of amides is 1. The van der Waals surface area contributed by atoms with Gasteiger partial charge in [-0.3, -0.25) is 9.79 Å². The Balaban J connectivity index is 2.35. The Morgan fingerprint density at radius 3 is 2.48 bits per heavy atom. The second-order valence-corrected chi connectivity index (χ2v) is 7.11. The van der Waals surface area contributed by atoms with Gasteiger partial charge in [0.15, 0.2) is 0 Å². The van der Waals surface area contributed by atoms with Crippen molar-refractivity contribution >= 4 is 23.2 Å². The topological polar surface area (TPSA) is 60.4 Å². The molecular weight excluding hydrogens is 310 g/mol. The van der Waals surface area contributed by atoms with Crippen LogP contribution in [0.3, 0.4) is 0 Å². The van der Waals surface area contributed by atoms with Crippen LogP contribution in [0.2, 0.25) is 5.15 Å². The Kier molecular flexibility index (Phi) is 3.80. The van der Waals surface area contributed by atoms with Crippen LogP contribution in [0.4, 0.5) is 0 Å². The van der Waals surface area contributed by atoms with Crippen LogP contribution in [-0.2, 0) is 6.42 Å². The second kappa shape index (κ2) is 5.53. The number of aliphatic imine (C=N–C) groups is 1. The van der Waals surface area contributed by atoms with E-state index in [-0.39, 0.29) is 5.41 Å². The number of fused-ring (bicyclic) bond motifs is 1. The molecular formula is C18H20ClN3O. The molecule has 0 radical (unpaired) electrons. The highest BCUT2D eigenvalue weighted by Crippen LogP contribution is 2.37. The van der Waals surface area contributed by atoms with Crippen LogP contribution < -0.4 is 5.73 Å². The number of aromatic nitrogens is 1. The molecule has 1 aliphatic heterocycles. The fourth-order valence-corrected chi connectivity index (χ4v) is 3.50. The third-order valence-corrected chi connectivity index (χ3v) is 4.40. The first-order valence-electron chi connectivity index (χ1n) is 7.66. The summed E-state index contributed by atoms with van der Waals surface area (Å²) in [6.07, 6.45) is 0.733.